The van der Waals surface area contributed by atoms with Crippen molar-refractivity contribution < 1.29 is 4.42 Å². The van der Waals surface area contributed by atoms with Crippen LogP contribution in [0.25, 0.3) is 243 Å². The Morgan fingerprint density at radius 1 is 0.176 bits per heavy atom. The summed E-state index contributed by atoms with van der Waals surface area (Å²) >= 11 is 0. The highest BCUT2D eigenvalue weighted by atomic mass is 16.3. The summed E-state index contributed by atoms with van der Waals surface area (Å²) in [7, 11) is 0. The van der Waals surface area contributed by atoms with Crippen LogP contribution in [0.1, 0.15) is 69.5 Å². The molecule has 5 aliphatic rings. The SMILES string of the molecule is CC1(C)c2ccccc2-c2cc3c4cc(-c5ccc6c(c5)c5ccc7c(c5n6-c5ccccc5)-c5ccccc5C75c6ccccc6-c6c(-c7cccc8oc9c(-c%10ccc(-n%11c%12ccc(-c%13ccc%14c(c%13)c%13ccccc%13n%14-c%13cccc(-c%14ccccc%14)c%13)cc%12c%12cc%13c(cc%12%11)C%11(c%12ccccc%12-c%12ccccc%12%11)c%11ccccc%11-%13)cc%10)cccc9c78)cccc65)ccc4n(-c4ccccc4)c3cc21. The van der Waals surface area contributed by atoms with Crippen LogP contribution in [0.3, 0.4) is 0 Å². The van der Waals surface area contributed by atoms with Gasteiger partial charge in [-0.05, 0) is 289 Å². The van der Waals surface area contributed by atoms with Gasteiger partial charge in [0.1, 0.15) is 11.2 Å². The second kappa shape index (κ2) is 28.5. The van der Waals surface area contributed by atoms with Crippen LogP contribution < -0.4 is 0 Å². The summed E-state index contributed by atoms with van der Waals surface area (Å²) in [6, 6.07) is 179. The zero-order valence-electron chi connectivity index (χ0n) is 77.7. The number of aromatic nitrogens is 4. The summed E-state index contributed by atoms with van der Waals surface area (Å²) in [5, 5.41) is 11.9. The van der Waals surface area contributed by atoms with Crippen molar-refractivity contribution in [2.75, 3.05) is 0 Å². The normalized spacial score (nSPS) is 14.5. The van der Waals surface area contributed by atoms with Gasteiger partial charge >= 0.3 is 0 Å². The number of fused-ring (bicyclic) bond motifs is 39. The smallest absolute Gasteiger partial charge is 0.143 e. The highest BCUT2D eigenvalue weighted by Crippen LogP contribution is 2.68. The van der Waals surface area contributed by atoms with Crippen LogP contribution in [0.5, 0.6) is 0 Å². The molecule has 5 aliphatic carbocycles. The van der Waals surface area contributed by atoms with Gasteiger partial charge in [-0.15, -0.1) is 0 Å². The van der Waals surface area contributed by atoms with E-state index in [1.54, 1.807) is 0 Å². The van der Waals surface area contributed by atoms with Gasteiger partial charge in [0.25, 0.3) is 0 Å². The molecule has 5 nitrogen and oxygen atoms in total. The van der Waals surface area contributed by atoms with Crippen LogP contribution in [-0.2, 0) is 16.2 Å². The predicted octanol–water partition coefficient (Wildman–Crippen LogP) is 35.3. The number of furan rings is 1. The molecule has 0 N–H and O–H groups in total. The molecule has 142 heavy (non-hydrogen) atoms. The van der Waals surface area contributed by atoms with E-state index in [4.69, 9.17) is 4.42 Å². The number of hydrogen-bond acceptors (Lipinski definition) is 1. The number of benzene rings is 22. The number of hydrogen-bond donors (Lipinski definition) is 0. The summed E-state index contributed by atoms with van der Waals surface area (Å²) in [6.07, 6.45) is 0. The van der Waals surface area contributed by atoms with Crippen LogP contribution in [0.15, 0.2) is 478 Å². The molecule has 5 heteroatoms. The Kier molecular flexibility index (Phi) is 15.7. The Morgan fingerprint density at radius 2 is 0.542 bits per heavy atom. The molecule has 0 bridgehead atoms. The lowest BCUT2D eigenvalue weighted by atomic mass is 9.70. The van der Waals surface area contributed by atoms with E-state index >= 15 is 0 Å². The lowest BCUT2D eigenvalue weighted by Crippen LogP contribution is -2.25. The monoisotopic (exact) mass is 1800 g/mol. The average molecular weight is 1800 g/mol. The Hall–Kier alpha value is -18.2. The maximum Gasteiger partial charge on any atom is 0.143 e. The summed E-state index contributed by atoms with van der Waals surface area (Å²) in [5.41, 5.74) is 51.8. The van der Waals surface area contributed by atoms with Crippen LogP contribution in [0, 0.1) is 0 Å². The molecule has 27 aromatic rings. The summed E-state index contributed by atoms with van der Waals surface area (Å²) in [5.74, 6) is 0. The van der Waals surface area contributed by atoms with Gasteiger partial charge in [0.2, 0.25) is 0 Å². The fraction of sp³-hybridized carbons (Fsp3) is 0.0365. The minimum absolute atomic E-state index is 0.141. The number of nitrogens with zero attached hydrogens (tertiary/aromatic N) is 4. The molecule has 0 fully saturated rings. The maximum absolute atomic E-state index is 7.40. The molecule has 0 aliphatic heterocycles. The average Bonchev–Trinajstić information content (AvgIpc) is 1.48. The fourth-order valence-corrected chi connectivity index (χ4v) is 27.3. The minimum Gasteiger partial charge on any atom is -0.455 e. The van der Waals surface area contributed by atoms with Gasteiger partial charge in [0, 0.05) is 93.2 Å². The second-order valence-electron chi connectivity index (χ2n) is 40.2. The van der Waals surface area contributed by atoms with Crippen molar-refractivity contribution in [3.05, 3.63) is 529 Å². The molecule has 5 heterocycles. The van der Waals surface area contributed by atoms with Crippen molar-refractivity contribution in [1.82, 2.24) is 18.3 Å². The highest BCUT2D eigenvalue weighted by Gasteiger charge is 2.55. The predicted molar refractivity (Wildman–Crippen MR) is 588 cm³/mol. The van der Waals surface area contributed by atoms with Crippen LogP contribution in [0.2, 0.25) is 0 Å². The Morgan fingerprint density at radius 3 is 1.15 bits per heavy atom. The topological polar surface area (TPSA) is 32.9 Å². The Balaban J connectivity index is 0.534. The third-order valence-corrected chi connectivity index (χ3v) is 33.2. The summed E-state index contributed by atoms with van der Waals surface area (Å²) in [4.78, 5) is 0. The van der Waals surface area contributed by atoms with E-state index in [2.05, 4.69) is 505 Å². The molecular formula is C137H84N4O. The lowest BCUT2D eigenvalue weighted by molar-refractivity contribution is 0.661. The molecule has 1 unspecified atom stereocenters. The molecule has 0 saturated heterocycles. The molecule has 32 rings (SSSR count). The van der Waals surface area contributed by atoms with Gasteiger partial charge < -0.3 is 22.7 Å². The quantitative estimate of drug-likeness (QED) is 0.142. The van der Waals surface area contributed by atoms with E-state index in [0.717, 1.165) is 78.0 Å². The Labute approximate surface area is 818 Å². The first-order chi connectivity index (χ1) is 70.2. The maximum atomic E-state index is 7.40. The van der Waals surface area contributed by atoms with Crippen molar-refractivity contribution in [1.29, 1.82) is 0 Å². The van der Waals surface area contributed by atoms with Crippen molar-refractivity contribution >= 4 is 109 Å². The van der Waals surface area contributed by atoms with E-state index in [1.165, 1.54) is 221 Å². The van der Waals surface area contributed by atoms with E-state index < -0.39 is 10.8 Å². The van der Waals surface area contributed by atoms with E-state index in [9.17, 15) is 0 Å². The lowest BCUT2D eigenvalue weighted by Gasteiger charge is -2.30. The third kappa shape index (κ3) is 10.2. The third-order valence-electron chi connectivity index (χ3n) is 33.2. The molecule has 22 aromatic carbocycles. The molecule has 0 saturated carbocycles. The number of para-hydroxylation sites is 4. The zero-order chi connectivity index (χ0) is 92.8. The molecule has 1 atom stereocenters. The van der Waals surface area contributed by atoms with Crippen LogP contribution in [-0.4, -0.2) is 18.3 Å². The molecule has 2 spiro atoms. The zero-order valence-corrected chi connectivity index (χ0v) is 77.7. The van der Waals surface area contributed by atoms with Crippen molar-refractivity contribution in [2.24, 2.45) is 0 Å². The highest BCUT2D eigenvalue weighted by molar-refractivity contribution is 6.22. The van der Waals surface area contributed by atoms with E-state index in [1.807, 2.05) is 0 Å². The van der Waals surface area contributed by atoms with E-state index in [0.29, 0.717) is 0 Å². The van der Waals surface area contributed by atoms with Gasteiger partial charge in [0.05, 0.1) is 55.0 Å². The van der Waals surface area contributed by atoms with E-state index in [-0.39, 0.29) is 5.41 Å². The first-order valence-electron chi connectivity index (χ1n) is 49.7. The second-order valence-corrected chi connectivity index (χ2v) is 40.2. The first-order valence-corrected chi connectivity index (χ1v) is 49.7. The number of rotatable bonds is 9. The van der Waals surface area contributed by atoms with Crippen molar-refractivity contribution in [2.45, 2.75) is 30.1 Å². The Bertz CT molecular complexity index is 10200. The fourth-order valence-electron chi connectivity index (χ4n) is 27.3. The summed E-state index contributed by atoms with van der Waals surface area (Å²) in [6.45, 7) is 4.77. The molecule has 658 valence electrons. The molecular weight excluding hydrogens is 1720 g/mol. The largest absolute Gasteiger partial charge is 0.455 e. The van der Waals surface area contributed by atoms with Gasteiger partial charge in [-0.1, -0.05) is 354 Å². The molecule has 0 radical (unpaired) electrons. The standard InChI is InChI=1S/C137H84N4O/c1-135(2)112-49-19-12-40-95(112)104-77-110-108-76-87(61-69-124(108)138(127(110)79-120(104)135)88-33-8-4-9-34-88)85-63-71-126-107(74-85)100-66-67-119-132(133(100)141(126)89-35-10-5-11-36-89)102-44-17-24-54-117(102)137(119)116-53-23-16-43-101(116)130-98(46-28-55-118(130)137)99-47-29-57-129-131(99)103-48-27-45-92(134(103)142-129)82-58-64-90(65-59-82)139-125-70-62-86(84-60-68-123-106(73-84)97-42-18-25-56-122(97)140(123)91-37-26-32-83(72-91)81-30-6-3-7-31-81)75-109(125)111-78-105-96-41-15-22-52-115(96)136(121(105)80-128(111)139)113-50-20-13-38-93(113)94-39-14-21-51-114(94)136/h3-80H,1-2H3. The minimum atomic E-state index is -0.675. The first kappa shape index (κ1) is 77.9. The van der Waals surface area contributed by atoms with Gasteiger partial charge in [-0.3, -0.25) is 0 Å². The van der Waals surface area contributed by atoms with Crippen LogP contribution >= 0.6 is 0 Å². The van der Waals surface area contributed by atoms with Gasteiger partial charge in [-0.2, -0.15) is 0 Å². The van der Waals surface area contributed by atoms with Crippen molar-refractivity contribution in [3.8, 4) is 134 Å². The van der Waals surface area contributed by atoms with Crippen molar-refractivity contribution in [3.63, 3.8) is 0 Å². The van der Waals surface area contributed by atoms with Gasteiger partial charge in [-0.25, -0.2) is 0 Å². The molecule has 5 aromatic heterocycles. The molecule has 0 amide bonds. The van der Waals surface area contributed by atoms with Crippen LogP contribution in [0.4, 0.5) is 0 Å². The van der Waals surface area contributed by atoms with Gasteiger partial charge in [0.15, 0.2) is 0 Å². The summed E-state index contributed by atoms with van der Waals surface area (Å²) < 4.78 is 17.4.